The predicted octanol–water partition coefficient (Wildman–Crippen LogP) is 12.7. The minimum atomic E-state index is 1.19. The largest absolute Gasteiger partial charge is 0.344 e. The number of anilines is 2. The molecular weight excluding hydrogens is 555 g/mol. The second kappa shape index (κ2) is 9.19. The molecule has 10 aromatic carbocycles. The van der Waals surface area contributed by atoms with Crippen LogP contribution in [-0.2, 0) is 0 Å². The molecule has 0 saturated heterocycles. The van der Waals surface area contributed by atoms with Crippen molar-refractivity contribution in [3.05, 3.63) is 145 Å². The molecule has 0 unspecified atom stereocenters. The first-order valence-corrected chi connectivity index (χ1v) is 16.2. The quantitative estimate of drug-likeness (QED) is 0.186. The first-order chi connectivity index (χ1) is 22.6. The van der Waals surface area contributed by atoms with Crippen molar-refractivity contribution in [1.82, 2.24) is 0 Å². The highest BCUT2D eigenvalue weighted by atomic mass is 15.1. The maximum Gasteiger partial charge on any atom is 0.0524 e. The van der Waals surface area contributed by atoms with Crippen LogP contribution in [0.3, 0.4) is 0 Å². The van der Waals surface area contributed by atoms with E-state index in [0.29, 0.717) is 0 Å². The molecule has 0 fully saturated rings. The number of fused-ring (bicyclic) bond motifs is 8. The Labute approximate surface area is 267 Å². The van der Waals surface area contributed by atoms with Crippen LogP contribution in [0.25, 0.3) is 86.5 Å². The van der Waals surface area contributed by atoms with Crippen molar-refractivity contribution in [2.75, 3.05) is 11.9 Å². The Hall–Kier alpha value is -5.66. The first kappa shape index (κ1) is 25.6. The molecule has 0 bridgehead atoms. The number of hydrogen-bond donors (Lipinski definition) is 0. The average molecular weight is 586 g/mol. The Morgan fingerprint density at radius 3 is 1.78 bits per heavy atom. The van der Waals surface area contributed by atoms with Crippen LogP contribution < -0.4 is 4.90 Å². The lowest BCUT2D eigenvalue weighted by atomic mass is 9.88. The normalized spacial score (nSPS) is 12.2. The molecule has 0 radical (unpaired) electrons. The van der Waals surface area contributed by atoms with E-state index in [1.807, 2.05) is 0 Å². The molecule has 0 aliphatic heterocycles. The highest BCUT2D eigenvalue weighted by Gasteiger charge is 2.24. The van der Waals surface area contributed by atoms with Gasteiger partial charge in [0.2, 0.25) is 0 Å². The topological polar surface area (TPSA) is 3.24 Å². The molecule has 216 valence electrons. The molecule has 0 saturated carbocycles. The van der Waals surface area contributed by atoms with Gasteiger partial charge in [-0.25, -0.2) is 0 Å². The highest BCUT2D eigenvalue weighted by Crippen LogP contribution is 2.52. The smallest absolute Gasteiger partial charge is 0.0524 e. The van der Waals surface area contributed by atoms with Gasteiger partial charge in [0.25, 0.3) is 0 Å². The van der Waals surface area contributed by atoms with Crippen LogP contribution in [0.1, 0.15) is 11.1 Å². The molecule has 0 aliphatic carbocycles. The fourth-order valence-corrected chi connectivity index (χ4v) is 8.61. The second-order valence-electron chi connectivity index (χ2n) is 13.1. The summed E-state index contributed by atoms with van der Waals surface area (Å²) in [5, 5.41) is 18.7. The molecule has 10 aromatic rings. The van der Waals surface area contributed by atoms with Crippen molar-refractivity contribution in [3.8, 4) is 11.1 Å². The Kier molecular flexibility index (Phi) is 5.12. The van der Waals surface area contributed by atoms with Crippen LogP contribution in [0.2, 0.25) is 0 Å². The summed E-state index contributed by atoms with van der Waals surface area (Å²) in [6.07, 6.45) is 0. The predicted molar refractivity (Wildman–Crippen MR) is 201 cm³/mol. The lowest BCUT2D eigenvalue weighted by molar-refractivity contribution is 1.20. The van der Waals surface area contributed by atoms with Crippen LogP contribution in [0.15, 0.2) is 133 Å². The van der Waals surface area contributed by atoms with Crippen molar-refractivity contribution >= 4 is 86.8 Å². The first-order valence-electron chi connectivity index (χ1n) is 16.2. The van der Waals surface area contributed by atoms with Crippen molar-refractivity contribution in [1.29, 1.82) is 0 Å². The molecule has 0 spiro atoms. The summed E-state index contributed by atoms with van der Waals surface area (Å²) >= 11 is 0. The van der Waals surface area contributed by atoms with Crippen LogP contribution in [0.4, 0.5) is 11.4 Å². The summed E-state index contributed by atoms with van der Waals surface area (Å²) in [6.45, 7) is 4.50. The van der Waals surface area contributed by atoms with Gasteiger partial charge in [-0.05, 0) is 136 Å². The third-order valence-electron chi connectivity index (χ3n) is 10.4. The summed E-state index contributed by atoms with van der Waals surface area (Å²) < 4.78 is 0. The zero-order valence-electron chi connectivity index (χ0n) is 26.1. The van der Waals surface area contributed by atoms with Gasteiger partial charge in [0.05, 0.1) is 5.69 Å². The molecule has 1 nitrogen and oxygen atoms in total. The second-order valence-corrected chi connectivity index (χ2v) is 13.1. The van der Waals surface area contributed by atoms with Gasteiger partial charge in [0.15, 0.2) is 0 Å². The van der Waals surface area contributed by atoms with Gasteiger partial charge in [-0.2, -0.15) is 0 Å². The minimum Gasteiger partial charge on any atom is -0.344 e. The molecule has 46 heavy (non-hydrogen) atoms. The van der Waals surface area contributed by atoms with E-state index in [1.54, 1.807) is 0 Å². The van der Waals surface area contributed by atoms with Crippen LogP contribution in [0, 0.1) is 13.8 Å². The number of aryl methyl sites for hydroxylation is 2. The number of rotatable bonds is 3. The average Bonchev–Trinajstić information content (AvgIpc) is 3.59. The highest BCUT2D eigenvalue weighted by molar-refractivity contribution is 6.42. The van der Waals surface area contributed by atoms with E-state index in [2.05, 4.69) is 159 Å². The zero-order chi connectivity index (χ0) is 30.7. The summed E-state index contributed by atoms with van der Waals surface area (Å²) in [6, 6.07) is 49.8. The maximum atomic E-state index is 2.52. The molecule has 0 heterocycles. The van der Waals surface area contributed by atoms with Crippen LogP contribution in [0.5, 0.6) is 0 Å². The maximum absolute atomic E-state index is 2.52. The summed E-state index contributed by atoms with van der Waals surface area (Å²) in [7, 11) is 2.22. The van der Waals surface area contributed by atoms with E-state index < -0.39 is 0 Å². The van der Waals surface area contributed by atoms with E-state index in [0.717, 1.165) is 0 Å². The number of nitrogens with zero attached hydrogens (tertiary/aromatic N) is 1. The van der Waals surface area contributed by atoms with Crippen LogP contribution >= 0.6 is 0 Å². The molecule has 0 aromatic heterocycles. The lowest BCUT2D eigenvalue weighted by Gasteiger charge is -2.24. The Morgan fingerprint density at radius 1 is 0.413 bits per heavy atom. The van der Waals surface area contributed by atoms with Gasteiger partial charge in [0, 0.05) is 18.1 Å². The summed E-state index contributed by atoms with van der Waals surface area (Å²) in [4.78, 5) is 2.38. The SMILES string of the molecule is Cc1cc2cc(C)c(N(C)c3ccccc3)c3c4cc5c(cc4c(c1)c23)c(-c1ccccc1)c1c2ccccc2c2cccc5c21. The lowest BCUT2D eigenvalue weighted by Crippen LogP contribution is -2.11. The van der Waals surface area contributed by atoms with Gasteiger partial charge in [-0.3, -0.25) is 0 Å². The Balaban J connectivity index is 1.47. The van der Waals surface area contributed by atoms with Crippen LogP contribution in [-0.4, -0.2) is 7.05 Å². The fraction of sp³-hybridized carbons (Fsp3) is 0.0667. The minimum absolute atomic E-state index is 1.19. The molecule has 0 N–H and O–H groups in total. The van der Waals surface area contributed by atoms with Crippen molar-refractivity contribution in [3.63, 3.8) is 0 Å². The summed E-state index contributed by atoms with van der Waals surface area (Å²) in [5.41, 5.74) is 7.66. The van der Waals surface area contributed by atoms with Gasteiger partial charge in [0.1, 0.15) is 0 Å². The fourth-order valence-electron chi connectivity index (χ4n) is 8.61. The van der Waals surface area contributed by atoms with Gasteiger partial charge < -0.3 is 4.90 Å². The van der Waals surface area contributed by atoms with E-state index in [4.69, 9.17) is 0 Å². The van der Waals surface area contributed by atoms with E-state index in [9.17, 15) is 0 Å². The molecule has 0 amide bonds. The van der Waals surface area contributed by atoms with Crippen molar-refractivity contribution in [2.24, 2.45) is 0 Å². The van der Waals surface area contributed by atoms with E-state index in [-0.39, 0.29) is 0 Å². The Morgan fingerprint density at radius 2 is 1.00 bits per heavy atom. The van der Waals surface area contributed by atoms with Gasteiger partial charge in [-0.1, -0.05) is 103 Å². The third kappa shape index (κ3) is 3.30. The van der Waals surface area contributed by atoms with Crippen molar-refractivity contribution in [2.45, 2.75) is 13.8 Å². The number of para-hydroxylation sites is 1. The molecular formula is C45H31N. The zero-order valence-corrected chi connectivity index (χ0v) is 26.1. The van der Waals surface area contributed by atoms with E-state index in [1.165, 1.54) is 109 Å². The number of benzene rings is 8. The molecule has 10 rings (SSSR count). The molecule has 0 atom stereocenters. The Bertz CT molecular complexity index is 2810. The standard InChI is InChI=1S/C45H31N/c1-26-21-29-23-27(2)45(46(3)30-15-8-5-9-16-30)44-39-24-35-34-20-12-19-32-31-17-10-11-18-33(31)43(42(32)34)40(28-13-6-4-7-14-28)38(35)25-36(39)37(22-26)41(29)44/h4-25H,1-3H3. The van der Waals surface area contributed by atoms with Gasteiger partial charge >= 0.3 is 0 Å². The monoisotopic (exact) mass is 585 g/mol. The van der Waals surface area contributed by atoms with E-state index >= 15 is 0 Å². The molecule has 0 aliphatic rings. The number of hydrogen-bond acceptors (Lipinski definition) is 1. The third-order valence-corrected chi connectivity index (χ3v) is 10.4. The summed E-state index contributed by atoms with van der Waals surface area (Å²) in [5.74, 6) is 0. The van der Waals surface area contributed by atoms with Crippen molar-refractivity contribution < 1.29 is 0 Å². The van der Waals surface area contributed by atoms with Gasteiger partial charge in [-0.15, -0.1) is 0 Å². The molecule has 1 heteroatoms.